The maximum Gasteiger partial charge on any atom is 0.233 e. The largest absolute Gasteiger partial charge is 0.496 e. The summed E-state index contributed by atoms with van der Waals surface area (Å²) in [4.78, 5) is 16.7. The molecule has 0 aliphatic rings. The first-order valence-electron chi connectivity index (χ1n) is 8.75. The highest BCUT2D eigenvalue weighted by Crippen LogP contribution is 2.27. The number of amides is 1. The number of nitrogens with zero attached hydrogens (tertiary/aromatic N) is 1. The number of halogens is 1. The zero-order valence-electron chi connectivity index (χ0n) is 15.3. The van der Waals surface area contributed by atoms with Gasteiger partial charge in [0.25, 0.3) is 0 Å². The quantitative estimate of drug-likeness (QED) is 0.545. The Morgan fingerprint density at radius 1 is 1.30 bits per heavy atom. The number of rotatable bonds is 8. The Bertz CT molecular complexity index is 895. The van der Waals surface area contributed by atoms with E-state index in [9.17, 15) is 4.79 Å². The lowest BCUT2D eigenvalue weighted by Gasteiger charge is -2.15. The number of thiazole rings is 1. The molecule has 1 amide bonds. The zero-order valence-corrected chi connectivity index (χ0v) is 17.7. The number of fused-ring (bicyclic) bond motifs is 1. The topological polar surface area (TPSA) is 63.2 Å². The van der Waals surface area contributed by atoms with E-state index < -0.39 is 0 Å². The number of hydrogen-bond acceptors (Lipinski definition) is 5. The fourth-order valence-corrected chi connectivity index (χ4v) is 4.24. The van der Waals surface area contributed by atoms with Crippen LogP contribution in [0.3, 0.4) is 0 Å². The van der Waals surface area contributed by atoms with Crippen molar-refractivity contribution in [1.29, 1.82) is 0 Å². The van der Waals surface area contributed by atoms with Crippen molar-refractivity contribution in [3.05, 3.63) is 57.5 Å². The maximum atomic E-state index is 12.1. The number of carbonyl (C=O) groups is 1. The molecule has 7 heteroatoms. The van der Waals surface area contributed by atoms with Crippen LogP contribution in [0.2, 0.25) is 0 Å². The summed E-state index contributed by atoms with van der Waals surface area (Å²) < 4.78 is 7.32. The summed E-state index contributed by atoms with van der Waals surface area (Å²) in [5, 5.41) is 7.24. The Morgan fingerprint density at radius 2 is 2.11 bits per heavy atom. The number of carbonyl (C=O) groups excluding carboxylic acids is 1. The second-order valence-corrected chi connectivity index (χ2v) is 8.14. The van der Waals surface area contributed by atoms with E-state index in [0.29, 0.717) is 6.54 Å². The zero-order chi connectivity index (χ0) is 19.2. The van der Waals surface area contributed by atoms with E-state index in [1.807, 2.05) is 43.3 Å². The van der Waals surface area contributed by atoms with Gasteiger partial charge in [-0.05, 0) is 52.7 Å². The number of hydrogen-bond donors (Lipinski definition) is 2. The van der Waals surface area contributed by atoms with Crippen LogP contribution in [0.1, 0.15) is 23.5 Å². The van der Waals surface area contributed by atoms with E-state index in [1.54, 1.807) is 18.4 Å². The summed E-state index contributed by atoms with van der Waals surface area (Å²) in [7, 11) is 1.64. The molecule has 5 nitrogen and oxygen atoms in total. The molecule has 0 spiro atoms. The molecule has 0 aliphatic heterocycles. The molecule has 142 valence electrons. The SMILES string of the molecule is COc1ccc(C(C)NCC(=O)NCCc2nc3ccccc3s2)cc1Br. The Morgan fingerprint density at radius 3 is 2.85 bits per heavy atom. The third-order valence-electron chi connectivity index (χ3n) is 4.24. The highest BCUT2D eigenvalue weighted by Gasteiger charge is 2.10. The minimum absolute atomic E-state index is 0.0180. The van der Waals surface area contributed by atoms with Gasteiger partial charge in [0.05, 0.1) is 33.4 Å². The Hall–Kier alpha value is -1.96. The average Bonchev–Trinajstić information content (AvgIpc) is 3.08. The van der Waals surface area contributed by atoms with E-state index in [1.165, 1.54) is 4.70 Å². The third-order valence-corrected chi connectivity index (χ3v) is 5.96. The van der Waals surface area contributed by atoms with Gasteiger partial charge in [-0.3, -0.25) is 4.79 Å². The van der Waals surface area contributed by atoms with Crippen LogP contribution in [0.15, 0.2) is 46.9 Å². The molecule has 0 saturated heterocycles. The molecular formula is C20H22BrN3O2S. The van der Waals surface area contributed by atoms with Crippen LogP contribution in [0.25, 0.3) is 10.2 Å². The Kier molecular flexibility index (Phi) is 6.82. The molecule has 0 radical (unpaired) electrons. The number of benzene rings is 2. The minimum atomic E-state index is -0.0180. The van der Waals surface area contributed by atoms with Gasteiger partial charge in [-0.15, -0.1) is 11.3 Å². The predicted octanol–water partition coefficient (Wildman–Crippen LogP) is 4.08. The molecule has 1 heterocycles. The second-order valence-electron chi connectivity index (χ2n) is 6.17. The molecule has 2 aromatic carbocycles. The number of aromatic nitrogens is 1. The summed E-state index contributed by atoms with van der Waals surface area (Å²) in [5.41, 5.74) is 2.11. The molecule has 1 atom stereocenters. The molecule has 1 aromatic heterocycles. The smallest absolute Gasteiger partial charge is 0.233 e. The molecule has 3 aromatic rings. The monoisotopic (exact) mass is 447 g/mol. The minimum Gasteiger partial charge on any atom is -0.496 e. The summed E-state index contributed by atoms with van der Waals surface area (Å²) >= 11 is 5.16. The molecule has 1 unspecified atom stereocenters. The van der Waals surface area contributed by atoms with Gasteiger partial charge in [0.15, 0.2) is 0 Å². The molecular weight excluding hydrogens is 426 g/mol. The van der Waals surface area contributed by atoms with E-state index >= 15 is 0 Å². The molecule has 0 fully saturated rings. The summed E-state index contributed by atoms with van der Waals surface area (Å²) in [6.07, 6.45) is 0.742. The number of nitrogens with one attached hydrogen (secondary N) is 2. The molecule has 0 saturated carbocycles. The van der Waals surface area contributed by atoms with Crippen molar-refractivity contribution < 1.29 is 9.53 Å². The fourth-order valence-electron chi connectivity index (χ4n) is 2.71. The van der Waals surface area contributed by atoms with Gasteiger partial charge in [0.2, 0.25) is 5.91 Å². The average molecular weight is 448 g/mol. The molecule has 27 heavy (non-hydrogen) atoms. The predicted molar refractivity (Wildman–Crippen MR) is 113 cm³/mol. The van der Waals surface area contributed by atoms with Gasteiger partial charge in [0.1, 0.15) is 5.75 Å². The summed E-state index contributed by atoms with van der Waals surface area (Å²) in [5.74, 6) is 0.772. The second kappa shape index (κ2) is 9.30. The molecule has 3 rings (SSSR count). The Balaban J connectivity index is 1.43. The number of methoxy groups -OCH3 is 1. The summed E-state index contributed by atoms with van der Waals surface area (Å²) in [6.45, 7) is 2.89. The van der Waals surface area contributed by atoms with Crippen LogP contribution < -0.4 is 15.4 Å². The lowest BCUT2D eigenvalue weighted by atomic mass is 10.1. The van der Waals surface area contributed by atoms with Crippen LogP contribution >= 0.6 is 27.3 Å². The van der Waals surface area contributed by atoms with E-state index in [0.717, 1.165) is 32.7 Å². The first-order valence-corrected chi connectivity index (χ1v) is 10.4. The lowest BCUT2D eigenvalue weighted by molar-refractivity contribution is -0.120. The highest BCUT2D eigenvalue weighted by atomic mass is 79.9. The maximum absolute atomic E-state index is 12.1. The van der Waals surface area contributed by atoms with Crippen LogP contribution in [0.5, 0.6) is 5.75 Å². The third kappa shape index (κ3) is 5.28. The van der Waals surface area contributed by atoms with Gasteiger partial charge in [-0.25, -0.2) is 4.98 Å². The van der Waals surface area contributed by atoms with Crippen molar-refractivity contribution in [2.24, 2.45) is 0 Å². The van der Waals surface area contributed by atoms with Crippen molar-refractivity contribution in [2.45, 2.75) is 19.4 Å². The van der Waals surface area contributed by atoms with E-state index in [2.05, 4.69) is 37.6 Å². The normalized spacial score (nSPS) is 12.1. The highest BCUT2D eigenvalue weighted by molar-refractivity contribution is 9.10. The molecule has 2 N–H and O–H groups in total. The van der Waals surface area contributed by atoms with Crippen molar-refractivity contribution in [2.75, 3.05) is 20.2 Å². The van der Waals surface area contributed by atoms with Crippen LogP contribution in [0.4, 0.5) is 0 Å². The molecule has 0 bridgehead atoms. The first-order chi connectivity index (χ1) is 13.1. The molecule has 0 aliphatic carbocycles. The number of ether oxygens (including phenoxy) is 1. The van der Waals surface area contributed by atoms with Crippen molar-refractivity contribution >= 4 is 43.4 Å². The first kappa shape index (κ1) is 19.8. The number of para-hydroxylation sites is 1. The van der Waals surface area contributed by atoms with Crippen LogP contribution in [-0.2, 0) is 11.2 Å². The van der Waals surface area contributed by atoms with E-state index in [4.69, 9.17) is 4.74 Å². The van der Waals surface area contributed by atoms with Gasteiger partial charge >= 0.3 is 0 Å². The van der Waals surface area contributed by atoms with Crippen molar-refractivity contribution in [3.8, 4) is 5.75 Å². The van der Waals surface area contributed by atoms with Gasteiger partial charge < -0.3 is 15.4 Å². The lowest BCUT2D eigenvalue weighted by Crippen LogP contribution is -2.36. The summed E-state index contributed by atoms with van der Waals surface area (Å²) in [6, 6.07) is 14.0. The van der Waals surface area contributed by atoms with Crippen LogP contribution in [0, 0.1) is 0 Å². The standard InChI is InChI=1S/C20H22BrN3O2S/c1-13(14-7-8-17(26-2)15(21)11-14)23-12-19(25)22-10-9-20-24-16-5-3-4-6-18(16)27-20/h3-8,11,13,23H,9-10,12H2,1-2H3,(H,22,25). The van der Waals surface area contributed by atoms with Crippen molar-refractivity contribution in [1.82, 2.24) is 15.6 Å². The van der Waals surface area contributed by atoms with E-state index in [-0.39, 0.29) is 18.5 Å². The van der Waals surface area contributed by atoms with Gasteiger partial charge in [-0.1, -0.05) is 18.2 Å². The Labute approximate surface area is 171 Å². The van der Waals surface area contributed by atoms with Crippen molar-refractivity contribution in [3.63, 3.8) is 0 Å². The fraction of sp³-hybridized carbons (Fsp3) is 0.300. The van der Waals surface area contributed by atoms with Crippen LogP contribution in [-0.4, -0.2) is 31.1 Å². The van der Waals surface area contributed by atoms with Gasteiger partial charge in [0, 0.05) is 19.0 Å². The van der Waals surface area contributed by atoms with Gasteiger partial charge in [-0.2, -0.15) is 0 Å².